The summed E-state index contributed by atoms with van der Waals surface area (Å²) in [5, 5.41) is 19.6. The zero-order chi connectivity index (χ0) is 12.9. The lowest BCUT2D eigenvalue weighted by Gasteiger charge is -2.05. The molecule has 0 fully saturated rings. The van der Waals surface area contributed by atoms with Gasteiger partial charge in [0.25, 0.3) is 0 Å². The fourth-order valence-corrected chi connectivity index (χ4v) is 1.31. The summed E-state index contributed by atoms with van der Waals surface area (Å²) in [4.78, 5) is 9.48. The van der Waals surface area contributed by atoms with Crippen LogP contribution in [0.3, 0.4) is 0 Å². The zero-order valence-corrected chi connectivity index (χ0v) is 9.87. The molecule has 0 aliphatic heterocycles. The third-order valence-corrected chi connectivity index (χ3v) is 2.14. The molecule has 4 nitrogen and oxygen atoms in total. The molecule has 0 aliphatic carbocycles. The summed E-state index contributed by atoms with van der Waals surface area (Å²) in [5.74, 6) is -1.57. The first-order valence-corrected chi connectivity index (χ1v) is 5.14. The van der Waals surface area contributed by atoms with E-state index in [2.05, 4.69) is 0 Å². The number of aryl methyl sites for hydroxylation is 1. The molecule has 0 aromatic heterocycles. The lowest BCUT2D eigenvalue weighted by atomic mass is 10.0. The third kappa shape index (κ3) is 2.68. The Bertz CT molecular complexity index is 391. The maximum atomic E-state index is 13.4. The van der Waals surface area contributed by atoms with E-state index < -0.39 is 22.2 Å². The Balaban J connectivity index is 0.00000106. The van der Waals surface area contributed by atoms with E-state index in [-0.39, 0.29) is 5.56 Å². The summed E-state index contributed by atoms with van der Waals surface area (Å²) < 4.78 is 13.4. The van der Waals surface area contributed by atoms with Crippen LogP contribution in [0.25, 0.3) is 0 Å². The van der Waals surface area contributed by atoms with E-state index in [4.69, 9.17) is 0 Å². The minimum atomic E-state index is -0.952. The molecule has 1 aromatic carbocycles. The zero-order valence-electron chi connectivity index (χ0n) is 9.87. The van der Waals surface area contributed by atoms with Gasteiger partial charge in [0.15, 0.2) is 5.75 Å². The van der Waals surface area contributed by atoms with Gasteiger partial charge in [-0.25, -0.2) is 0 Å². The number of nitro benzene ring substituents is 1. The molecule has 1 N–H and O–H groups in total. The predicted octanol–water partition coefficient (Wildman–Crippen LogP) is 3.34. The molecule has 0 saturated heterocycles. The largest absolute Gasteiger partial charge is 0.502 e. The van der Waals surface area contributed by atoms with Crippen molar-refractivity contribution in [3.8, 4) is 5.75 Å². The van der Waals surface area contributed by atoms with E-state index in [9.17, 15) is 19.6 Å². The molecule has 0 heterocycles. The van der Waals surface area contributed by atoms with Crippen LogP contribution >= 0.6 is 0 Å². The van der Waals surface area contributed by atoms with Crippen LogP contribution in [0.5, 0.6) is 5.75 Å². The summed E-state index contributed by atoms with van der Waals surface area (Å²) in [5.41, 5.74) is -0.0534. The van der Waals surface area contributed by atoms with Crippen LogP contribution in [0.4, 0.5) is 10.1 Å². The van der Waals surface area contributed by atoms with Gasteiger partial charge in [-0.2, -0.15) is 4.39 Å². The number of benzene rings is 1. The minimum absolute atomic E-state index is 0.219. The van der Waals surface area contributed by atoms with Crippen LogP contribution in [0, 0.1) is 22.9 Å². The van der Waals surface area contributed by atoms with Crippen LogP contribution < -0.4 is 0 Å². The van der Waals surface area contributed by atoms with E-state index in [0.717, 1.165) is 0 Å². The molecule has 16 heavy (non-hydrogen) atoms. The molecule has 90 valence electrons. The van der Waals surface area contributed by atoms with Gasteiger partial charge in [0, 0.05) is 0 Å². The number of phenols is 1. The molecule has 5 heteroatoms. The Labute approximate surface area is 93.9 Å². The van der Waals surface area contributed by atoms with Crippen LogP contribution in [0.1, 0.15) is 31.9 Å². The van der Waals surface area contributed by atoms with E-state index in [1.54, 1.807) is 6.92 Å². The van der Waals surface area contributed by atoms with Crippen molar-refractivity contribution >= 4 is 5.69 Å². The van der Waals surface area contributed by atoms with Crippen molar-refractivity contribution < 1.29 is 14.4 Å². The van der Waals surface area contributed by atoms with Gasteiger partial charge in [-0.15, -0.1) is 0 Å². The summed E-state index contributed by atoms with van der Waals surface area (Å²) in [7, 11) is 0. The number of aromatic hydroxyl groups is 1. The molecule has 0 atom stereocenters. The summed E-state index contributed by atoms with van der Waals surface area (Å²) in [6.07, 6.45) is 0.522. The van der Waals surface area contributed by atoms with E-state index in [0.29, 0.717) is 12.0 Å². The normalized spacial score (nSPS) is 9.31. The van der Waals surface area contributed by atoms with Crippen molar-refractivity contribution in [2.75, 3.05) is 0 Å². The Kier molecular flexibility index (Phi) is 5.42. The van der Waals surface area contributed by atoms with E-state index in [1.807, 2.05) is 13.8 Å². The monoisotopic (exact) mass is 229 g/mol. The Hall–Kier alpha value is -1.65. The Morgan fingerprint density at radius 1 is 1.50 bits per heavy atom. The third-order valence-electron chi connectivity index (χ3n) is 2.14. The molecule has 0 amide bonds. The van der Waals surface area contributed by atoms with E-state index in [1.165, 1.54) is 13.0 Å². The quantitative estimate of drug-likeness (QED) is 0.624. The first kappa shape index (κ1) is 14.3. The highest BCUT2D eigenvalue weighted by atomic mass is 19.1. The van der Waals surface area contributed by atoms with Gasteiger partial charge < -0.3 is 5.11 Å². The first-order valence-electron chi connectivity index (χ1n) is 5.14. The van der Waals surface area contributed by atoms with Crippen molar-refractivity contribution in [2.24, 2.45) is 0 Å². The van der Waals surface area contributed by atoms with Gasteiger partial charge in [-0.3, -0.25) is 10.1 Å². The Morgan fingerprint density at radius 2 is 2.00 bits per heavy atom. The SMILES string of the molecule is CC.CCc1cc(O)c([N+](=O)[O-])c(F)c1C. The number of phenolic OH excluding ortho intramolecular Hbond substituents is 1. The molecule has 0 saturated carbocycles. The second kappa shape index (κ2) is 6.05. The fraction of sp³-hybridized carbons (Fsp3) is 0.455. The highest BCUT2D eigenvalue weighted by Gasteiger charge is 2.23. The number of nitrogens with zero attached hydrogens (tertiary/aromatic N) is 1. The van der Waals surface area contributed by atoms with Gasteiger partial charge in [0.2, 0.25) is 5.82 Å². The number of halogens is 1. The highest BCUT2D eigenvalue weighted by Crippen LogP contribution is 2.33. The molecule has 0 unspecified atom stereocenters. The van der Waals surface area contributed by atoms with Crippen molar-refractivity contribution in [3.05, 3.63) is 33.1 Å². The lowest BCUT2D eigenvalue weighted by molar-refractivity contribution is -0.388. The maximum Gasteiger partial charge on any atom is 0.346 e. The second-order valence-electron chi connectivity index (χ2n) is 2.95. The van der Waals surface area contributed by atoms with Crippen molar-refractivity contribution in [1.82, 2.24) is 0 Å². The fourth-order valence-electron chi connectivity index (χ4n) is 1.31. The summed E-state index contributed by atoms with van der Waals surface area (Å²) in [6.45, 7) is 7.24. The molecule has 0 spiro atoms. The molecule has 1 rings (SSSR count). The minimum Gasteiger partial charge on any atom is -0.502 e. The molecular formula is C11H16FNO3. The summed E-state index contributed by atoms with van der Waals surface area (Å²) >= 11 is 0. The molecule has 1 aromatic rings. The van der Waals surface area contributed by atoms with Crippen LogP contribution in [-0.2, 0) is 6.42 Å². The average molecular weight is 229 g/mol. The summed E-state index contributed by atoms with van der Waals surface area (Å²) in [6, 6.07) is 1.23. The van der Waals surface area contributed by atoms with E-state index >= 15 is 0 Å². The topological polar surface area (TPSA) is 63.4 Å². The Morgan fingerprint density at radius 3 is 2.38 bits per heavy atom. The molecular weight excluding hydrogens is 213 g/mol. The van der Waals surface area contributed by atoms with Crippen LogP contribution in [-0.4, -0.2) is 10.0 Å². The highest BCUT2D eigenvalue weighted by molar-refractivity contribution is 5.52. The number of nitro groups is 1. The lowest BCUT2D eigenvalue weighted by Crippen LogP contribution is -1.99. The van der Waals surface area contributed by atoms with Crippen molar-refractivity contribution in [2.45, 2.75) is 34.1 Å². The van der Waals surface area contributed by atoms with Crippen molar-refractivity contribution in [3.63, 3.8) is 0 Å². The number of hydrogen-bond acceptors (Lipinski definition) is 3. The van der Waals surface area contributed by atoms with Crippen LogP contribution in [0.2, 0.25) is 0 Å². The average Bonchev–Trinajstić information content (AvgIpc) is 2.26. The number of rotatable bonds is 2. The van der Waals surface area contributed by atoms with Crippen LogP contribution in [0.15, 0.2) is 6.07 Å². The predicted molar refractivity (Wildman–Crippen MR) is 60.2 cm³/mol. The van der Waals surface area contributed by atoms with Gasteiger partial charge in [-0.1, -0.05) is 20.8 Å². The smallest absolute Gasteiger partial charge is 0.346 e. The van der Waals surface area contributed by atoms with Crippen molar-refractivity contribution in [1.29, 1.82) is 0 Å². The molecule has 0 aliphatic rings. The first-order chi connectivity index (χ1) is 7.49. The standard InChI is InChI=1S/C9H10FNO3.C2H6/c1-3-6-4-7(12)9(11(13)14)8(10)5(6)2;1-2/h4,12H,3H2,1-2H3;1-2H3. The molecule has 0 bridgehead atoms. The number of hydrogen-bond donors (Lipinski definition) is 1. The van der Waals surface area contributed by atoms with Gasteiger partial charge in [0.05, 0.1) is 4.92 Å². The molecule has 0 radical (unpaired) electrons. The van der Waals surface area contributed by atoms with Gasteiger partial charge in [-0.05, 0) is 30.5 Å². The second-order valence-corrected chi connectivity index (χ2v) is 2.95. The maximum absolute atomic E-state index is 13.4. The van der Waals surface area contributed by atoms with Gasteiger partial charge >= 0.3 is 5.69 Å². The van der Waals surface area contributed by atoms with Gasteiger partial charge in [0.1, 0.15) is 0 Å².